The molecule has 2 rings (SSSR count). The molecule has 1 aromatic carbocycles. The third kappa shape index (κ3) is 3.44. The summed E-state index contributed by atoms with van der Waals surface area (Å²) in [5.74, 6) is 1.63. The molecule has 0 saturated heterocycles. The number of anilines is 3. The van der Waals surface area contributed by atoms with Crippen molar-refractivity contribution in [3.63, 3.8) is 0 Å². The van der Waals surface area contributed by atoms with Gasteiger partial charge in [-0.3, -0.25) is 4.79 Å². The summed E-state index contributed by atoms with van der Waals surface area (Å²) in [4.78, 5) is 11.2. The minimum Gasteiger partial charge on any atom is -0.495 e. The second-order valence-electron chi connectivity index (χ2n) is 4.03. The Labute approximate surface area is 117 Å². The number of nitrogens with zero attached hydrogens (tertiary/aromatic N) is 2. The van der Waals surface area contributed by atoms with Crippen LogP contribution in [0, 0.1) is 0 Å². The fourth-order valence-electron chi connectivity index (χ4n) is 1.58. The van der Waals surface area contributed by atoms with Gasteiger partial charge in [-0.1, -0.05) is 19.1 Å². The average molecular weight is 272 g/mol. The molecule has 0 atom stereocenters. The van der Waals surface area contributed by atoms with Crippen molar-refractivity contribution in [2.45, 2.75) is 13.3 Å². The van der Waals surface area contributed by atoms with Crippen molar-refractivity contribution in [3.05, 3.63) is 36.4 Å². The molecule has 6 heteroatoms. The lowest BCUT2D eigenvalue weighted by molar-refractivity contribution is -0.115. The first-order valence-electron chi connectivity index (χ1n) is 6.26. The van der Waals surface area contributed by atoms with E-state index < -0.39 is 0 Å². The summed E-state index contributed by atoms with van der Waals surface area (Å²) >= 11 is 0. The summed E-state index contributed by atoms with van der Waals surface area (Å²) in [5.41, 5.74) is 0.801. The molecule has 0 unspecified atom stereocenters. The lowest BCUT2D eigenvalue weighted by Gasteiger charge is -2.10. The van der Waals surface area contributed by atoms with Crippen LogP contribution in [0.4, 0.5) is 17.3 Å². The van der Waals surface area contributed by atoms with Gasteiger partial charge < -0.3 is 15.4 Å². The van der Waals surface area contributed by atoms with E-state index in [-0.39, 0.29) is 5.91 Å². The normalized spacial score (nSPS) is 9.90. The number of para-hydroxylation sites is 2. The van der Waals surface area contributed by atoms with Crippen molar-refractivity contribution in [1.29, 1.82) is 0 Å². The van der Waals surface area contributed by atoms with Gasteiger partial charge in [-0.2, -0.15) is 0 Å². The molecular weight excluding hydrogens is 256 g/mol. The molecule has 6 nitrogen and oxygen atoms in total. The lowest BCUT2D eigenvalue weighted by atomic mass is 10.3. The monoisotopic (exact) mass is 272 g/mol. The Balaban J connectivity index is 2.09. The number of carbonyl (C=O) groups is 1. The van der Waals surface area contributed by atoms with Crippen molar-refractivity contribution in [3.8, 4) is 5.75 Å². The zero-order chi connectivity index (χ0) is 14.4. The van der Waals surface area contributed by atoms with E-state index in [2.05, 4.69) is 20.8 Å². The first kappa shape index (κ1) is 13.8. The highest BCUT2D eigenvalue weighted by Gasteiger charge is 2.04. The number of ether oxygens (including phenoxy) is 1. The molecule has 1 amide bonds. The Bertz CT molecular complexity index is 584. The van der Waals surface area contributed by atoms with Gasteiger partial charge in [0.1, 0.15) is 5.75 Å². The van der Waals surface area contributed by atoms with Crippen LogP contribution in [-0.4, -0.2) is 23.2 Å². The van der Waals surface area contributed by atoms with Gasteiger partial charge in [0.25, 0.3) is 0 Å². The molecule has 0 saturated carbocycles. The minimum atomic E-state index is -0.0928. The van der Waals surface area contributed by atoms with Crippen molar-refractivity contribution in [2.75, 3.05) is 17.7 Å². The molecule has 0 aliphatic rings. The van der Waals surface area contributed by atoms with E-state index in [1.807, 2.05) is 24.3 Å². The van der Waals surface area contributed by atoms with Crippen molar-refractivity contribution in [2.24, 2.45) is 0 Å². The molecule has 20 heavy (non-hydrogen) atoms. The molecule has 104 valence electrons. The van der Waals surface area contributed by atoms with Gasteiger partial charge in [0, 0.05) is 6.42 Å². The zero-order valence-electron chi connectivity index (χ0n) is 11.4. The van der Waals surface area contributed by atoms with Crippen LogP contribution in [0.3, 0.4) is 0 Å². The summed E-state index contributed by atoms with van der Waals surface area (Å²) in [7, 11) is 1.61. The van der Waals surface area contributed by atoms with Gasteiger partial charge in [0.2, 0.25) is 5.91 Å². The third-order valence-corrected chi connectivity index (χ3v) is 2.62. The Morgan fingerprint density at radius 3 is 2.50 bits per heavy atom. The van der Waals surface area contributed by atoms with Crippen LogP contribution in [0.5, 0.6) is 5.75 Å². The van der Waals surface area contributed by atoms with Crippen molar-refractivity contribution >= 4 is 23.2 Å². The van der Waals surface area contributed by atoms with Gasteiger partial charge in [0.15, 0.2) is 11.6 Å². The smallest absolute Gasteiger partial charge is 0.225 e. The summed E-state index contributed by atoms with van der Waals surface area (Å²) in [6.45, 7) is 1.78. The fourth-order valence-corrected chi connectivity index (χ4v) is 1.58. The van der Waals surface area contributed by atoms with Crippen LogP contribution in [-0.2, 0) is 4.79 Å². The molecule has 2 aromatic rings. The molecule has 0 bridgehead atoms. The predicted molar refractivity (Wildman–Crippen MR) is 77.2 cm³/mol. The van der Waals surface area contributed by atoms with Gasteiger partial charge in [0.05, 0.1) is 12.8 Å². The molecular formula is C14H16N4O2. The van der Waals surface area contributed by atoms with E-state index in [1.54, 1.807) is 26.2 Å². The molecule has 1 aromatic heterocycles. The van der Waals surface area contributed by atoms with Crippen LogP contribution in [0.25, 0.3) is 0 Å². The maximum Gasteiger partial charge on any atom is 0.225 e. The summed E-state index contributed by atoms with van der Waals surface area (Å²) < 4.78 is 5.24. The second kappa shape index (κ2) is 6.51. The topological polar surface area (TPSA) is 76.1 Å². The molecule has 1 heterocycles. The number of hydrogen-bond donors (Lipinski definition) is 2. The van der Waals surface area contributed by atoms with Crippen LogP contribution >= 0.6 is 0 Å². The summed E-state index contributed by atoms with van der Waals surface area (Å²) in [6, 6.07) is 11.0. The predicted octanol–water partition coefficient (Wildman–Crippen LogP) is 2.58. The van der Waals surface area contributed by atoms with Crippen molar-refractivity contribution in [1.82, 2.24) is 10.2 Å². The van der Waals surface area contributed by atoms with Gasteiger partial charge in [-0.15, -0.1) is 10.2 Å². The Kier molecular flexibility index (Phi) is 4.49. The number of amides is 1. The van der Waals surface area contributed by atoms with Gasteiger partial charge in [-0.25, -0.2) is 0 Å². The van der Waals surface area contributed by atoms with Crippen LogP contribution in [0.15, 0.2) is 36.4 Å². The molecule has 0 fully saturated rings. The standard InChI is InChI=1S/C14H16N4O2/c1-3-14(19)16-13-9-8-12(17-18-13)15-10-6-4-5-7-11(10)20-2/h4-9H,3H2,1-2H3,(H,15,17)(H,16,18,19). The number of carbonyl (C=O) groups excluding carboxylic acids is 1. The van der Waals surface area contributed by atoms with Crippen LogP contribution in [0.2, 0.25) is 0 Å². The van der Waals surface area contributed by atoms with E-state index in [4.69, 9.17) is 4.74 Å². The Morgan fingerprint density at radius 2 is 1.85 bits per heavy atom. The minimum absolute atomic E-state index is 0.0928. The maximum absolute atomic E-state index is 11.2. The second-order valence-corrected chi connectivity index (χ2v) is 4.03. The summed E-state index contributed by atoms with van der Waals surface area (Å²) in [6.07, 6.45) is 0.406. The quantitative estimate of drug-likeness (QED) is 0.874. The van der Waals surface area contributed by atoms with Crippen molar-refractivity contribution < 1.29 is 9.53 Å². The highest BCUT2D eigenvalue weighted by molar-refractivity contribution is 5.89. The van der Waals surface area contributed by atoms with E-state index in [1.165, 1.54) is 0 Å². The number of nitrogens with one attached hydrogen (secondary N) is 2. The van der Waals surface area contributed by atoms with E-state index >= 15 is 0 Å². The third-order valence-electron chi connectivity index (χ3n) is 2.62. The number of aromatic nitrogens is 2. The molecule has 0 radical (unpaired) electrons. The van der Waals surface area contributed by atoms with E-state index in [0.29, 0.717) is 18.1 Å². The average Bonchev–Trinajstić information content (AvgIpc) is 2.49. The Hall–Kier alpha value is -2.63. The van der Waals surface area contributed by atoms with E-state index in [9.17, 15) is 4.79 Å². The highest BCUT2D eigenvalue weighted by Crippen LogP contribution is 2.25. The molecule has 0 aliphatic carbocycles. The number of hydrogen-bond acceptors (Lipinski definition) is 5. The molecule has 0 spiro atoms. The number of rotatable bonds is 5. The van der Waals surface area contributed by atoms with Crippen LogP contribution < -0.4 is 15.4 Å². The number of benzene rings is 1. The largest absolute Gasteiger partial charge is 0.495 e. The first-order valence-corrected chi connectivity index (χ1v) is 6.26. The maximum atomic E-state index is 11.2. The SMILES string of the molecule is CCC(=O)Nc1ccc(Nc2ccccc2OC)nn1. The van der Waals surface area contributed by atoms with E-state index in [0.717, 1.165) is 11.4 Å². The molecule has 2 N–H and O–H groups in total. The molecule has 0 aliphatic heterocycles. The summed E-state index contributed by atoms with van der Waals surface area (Å²) in [5, 5.41) is 13.7. The van der Waals surface area contributed by atoms with Crippen LogP contribution in [0.1, 0.15) is 13.3 Å². The Morgan fingerprint density at radius 1 is 1.15 bits per heavy atom. The zero-order valence-corrected chi connectivity index (χ0v) is 11.4. The van der Waals surface area contributed by atoms with Gasteiger partial charge >= 0.3 is 0 Å². The number of methoxy groups -OCH3 is 1. The fraction of sp³-hybridized carbons (Fsp3) is 0.214. The van der Waals surface area contributed by atoms with Gasteiger partial charge in [-0.05, 0) is 24.3 Å². The first-order chi connectivity index (χ1) is 9.72. The highest BCUT2D eigenvalue weighted by atomic mass is 16.5. The lowest BCUT2D eigenvalue weighted by Crippen LogP contribution is -2.11.